The number of nitrogens with zero attached hydrogens (tertiary/aromatic N) is 1. The molecule has 0 aliphatic rings. The molecule has 0 bridgehead atoms. The van der Waals surface area contributed by atoms with Gasteiger partial charge in [-0.05, 0) is 64.8 Å². The standard InChI is InChI=1S/C13H24N2S/c1-10-7-9-16-13(10)12(3)14-11(2)6-8-15(4)5/h7,9,11-12,14H,6,8H2,1-5H3. The van der Waals surface area contributed by atoms with Gasteiger partial charge in [0.15, 0.2) is 0 Å². The summed E-state index contributed by atoms with van der Waals surface area (Å²) in [5.74, 6) is 0. The monoisotopic (exact) mass is 240 g/mol. The van der Waals surface area contributed by atoms with Gasteiger partial charge in [0.1, 0.15) is 0 Å². The smallest absolute Gasteiger partial charge is 0.0390 e. The van der Waals surface area contributed by atoms with Gasteiger partial charge in [-0.3, -0.25) is 0 Å². The molecule has 0 saturated carbocycles. The van der Waals surface area contributed by atoms with Crippen LogP contribution in [0.2, 0.25) is 0 Å². The molecular weight excluding hydrogens is 216 g/mol. The first-order valence-electron chi connectivity index (χ1n) is 5.95. The molecule has 0 saturated heterocycles. The SMILES string of the molecule is Cc1ccsc1C(C)NC(C)CCN(C)C. The molecule has 0 fully saturated rings. The maximum Gasteiger partial charge on any atom is 0.0390 e. The van der Waals surface area contributed by atoms with Crippen LogP contribution in [0.15, 0.2) is 11.4 Å². The van der Waals surface area contributed by atoms with Crippen LogP contribution in [-0.4, -0.2) is 31.6 Å². The third kappa shape index (κ3) is 4.24. The highest BCUT2D eigenvalue weighted by atomic mass is 32.1. The molecule has 1 rings (SSSR count). The lowest BCUT2D eigenvalue weighted by molar-refractivity contribution is 0.355. The number of aryl methyl sites for hydroxylation is 1. The topological polar surface area (TPSA) is 15.3 Å². The van der Waals surface area contributed by atoms with Crippen molar-refractivity contribution in [2.24, 2.45) is 0 Å². The Labute approximate surface area is 104 Å². The second kappa shape index (κ2) is 6.38. The van der Waals surface area contributed by atoms with Gasteiger partial charge in [0, 0.05) is 17.0 Å². The maximum atomic E-state index is 3.66. The lowest BCUT2D eigenvalue weighted by atomic mass is 10.1. The number of nitrogens with one attached hydrogen (secondary N) is 1. The van der Waals surface area contributed by atoms with Crippen molar-refractivity contribution in [3.8, 4) is 0 Å². The van der Waals surface area contributed by atoms with Crippen molar-refractivity contribution in [2.75, 3.05) is 20.6 Å². The van der Waals surface area contributed by atoms with E-state index in [0.717, 1.165) is 6.54 Å². The zero-order valence-corrected chi connectivity index (χ0v) is 11.9. The maximum absolute atomic E-state index is 3.66. The molecule has 1 aromatic heterocycles. The summed E-state index contributed by atoms with van der Waals surface area (Å²) >= 11 is 1.85. The molecule has 0 spiro atoms. The van der Waals surface area contributed by atoms with Crippen molar-refractivity contribution in [2.45, 2.75) is 39.3 Å². The van der Waals surface area contributed by atoms with Crippen LogP contribution in [0.5, 0.6) is 0 Å². The van der Waals surface area contributed by atoms with Crippen molar-refractivity contribution < 1.29 is 0 Å². The number of hydrogen-bond acceptors (Lipinski definition) is 3. The van der Waals surface area contributed by atoms with E-state index in [2.05, 4.69) is 56.5 Å². The van der Waals surface area contributed by atoms with E-state index in [1.165, 1.54) is 16.9 Å². The second-order valence-electron chi connectivity index (χ2n) is 4.85. The van der Waals surface area contributed by atoms with Crippen molar-refractivity contribution >= 4 is 11.3 Å². The summed E-state index contributed by atoms with van der Waals surface area (Å²) in [5, 5.41) is 5.84. The fraction of sp³-hybridized carbons (Fsp3) is 0.692. The summed E-state index contributed by atoms with van der Waals surface area (Å²) in [6.45, 7) is 7.85. The van der Waals surface area contributed by atoms with Gasteiger partial charge in [0.2, 0.25) is 0 Å². The molecule has 2 nitrogen and oxygen atoms in total. The van der Waals surface area contributed by atoms with Gasteiger partial charge in [0.05, 0.1) is 0 Å². The van der Waals surface area contributed by atoms with Crippen LogP contribution >= 0.6 is 11.3 Å². The third-order valence-electron chi connectivity index (χ3n) is 2.84. The lowest BCUT2D eigenvalue weighted by Crippen LogP contribution is -2.31. The minimum atomic E-state index is 0.470. The average Bonchev–Trinajstić information content (AvgIpc) is 2.61. The van der Waals surface area contributed by atoms with Crippen LogP contribution in [0.3, 0.4) is 0 Å². The Kier molecular flexibility index (Phi) is 5.46. The zero-order valence-electron chi connectivity index (χ0n) is 11.1. The predicted octanol–water partition coefficient (Wildman–Crippen LogP) is 3.05. The fourth-order valence-corrected chi connectivity index (χ4v) is 2.81. The molecule has 1 aromatic rings. The molecule has 16 heavy (non-hydrogen) atoms. The first-order chi connectivity index (χ1) is 7.50. The first kappa shape index (κ1) is 13.7. The highest BCUT2D eigenvalue weighted by Crippen LogP contribution is 2.23. The molecule has 0 amide bonds. The van der Waals surface area contributed by atoms with Crippen LogP contribution in [0.4, 0.5) is 0 Å². The lowest BCUT2D eigenvalue weighted by Gasteiger charge is -2.21. The van der Waals surface area contributed by atoms with Crippen LogP contribution in [0.1, 0.15) is 36.8 Å². The van der Waals surface area contributed by atoms with Gasteiger partial charge in [0.25, 0.3) is 0 Å². The van der Waals surface area contributed by atoms with Gasteiger partial charge in [-0.2, -0.15) is 0 Å². The molecule has 1 N–H and O–H groups in total. The molecular formula is C13H24N2S. The van der Waals surface area contributed by atoms with E-state index in [1.54, 1.807) is 0 Å². The quantitative estimate of drug-likeness (QED) is 0.822. The van der Waals surface area contributed by atoms with Crippen LogP contribution in [0.25, 0.3) is 0 Å². The minimum absolute atomic E-state index is 0.470. The van der Waals surface area contributed by atoms with Crippen LogP contribution in [0, 0.1) is 6.92 Å². The van der Waals surface area contributed by atoms with E-state index in [1.807, 2.05) is 11.3 Å². The molecule has 3 heteroatoms. The van der Waals surface area contributed by atoms with Crippen molar-refractivity contribution in [3.63, 3.8) is 0 Å². The third-order valence-corrected chi connectivity index (χ3v) is 4.04. The Morgan fingerprint density at radius 3 is 2.56 bits per heavy atom. The van der Waals surface area contributed by atoms with Crippen molar-refractivity contribution in [3.05, 3.63) is 21.9 Å². The van der Waals surface area contributed by atoms with E-state index in [0.29, 0.717) is 12.1 Å². The van der Waals surface area contributed by atoms with Gasteiger partial charge in [-0.15, -0.1) is 11.3 Å². The van der Waals surface area contributed by atoms with E-state index >= 15 is 0 Å². The number of hydrogen-bond donors (Lipinski definition) is 1. The Morgan fingerprint density at radius 2 is 2.06 bits per heavy atom. The predicted molar refractivity (Wildman–Crippen MR) is 73.2 cm³/mol. The Balaban J connectivity index is 2.39. The summed E-state index contributed by atoms with van der Waals surface area (Å²) < 4.78 is 0. The van der Waals surface area contributed by atoms with Gasteiger partial charge in [-0.25, -0.2) is 0 Å². The summed E-state index contributed by atoms with van der Waals surface area (Å²) in [6.07, 6.45) is 1.20. The highest BCUT2D eigenvalue weighted by molar-refractivity contribution is 7.10. The van der Waals surface area contributed by atoms with Crippen molar-refractivity contribution in [1.82, 2.24) is 10.2 Å². The van der Waals surface area contributed by atoms with Gasteiger partial charge >= 0.3 is 0 Å². The van der Waals surface area contributed by atoms with E-state index < -0.39 is 0 Å². The summed E-state index contributed by atoms with van der Waals surface area (Å²) in [6, 6.07) is 3.24. The van der Waals surface area contributed by atoms with E-state index in [9.17, 15) is 0 Å². The molecule has 0 radical (unpaired) electrons. The largest absolute Gasteiger partial charge is 0.309 e. The number of thiophene rings is 1. The summed E-state index contributed by atoms with van der Waals surface area (Å²) in [5.41, 5.74) is 1.41. The first-order valence-corrected chi connectivity index (χ1v) is 6.83. The molecule has 1 heterocycles. The number of rotatable bonds is 6. The highest BCUT2D eigenvalue weighted by Gasteiger charge is 2.12. The minimum Gasteiger partial charge on any atom is -0.309 e. The second-order valence-corrected chi connectivity index (χ2v) is 5.80. The molecule has 2 unspecified atom stereocenters. The van der Waals surface area contributed by atoms with E-state index in [-0.39, 0.29) is 0 Å². The fourth-order valence-electron chi connectivity index (χ4n) is 1.87. The Bertz CT molecular complexity index is 307. The van der Waals surface area contributed by atoms with Gasteiger partial charge in [-0.1, -0.05) is 0 Å². The van der Waals surface area contributed by atoms with Crippen LogP contribution < -0.4 is 5.32 Å². The average molecular weight is 240 g/mol. The Hall–Kier alpha value is -0.380. The van der Waals surface area contributed by atoms with E-state index in [4.69, 9.17) is 0 Å². The molecule has 2 atom stereocenters. The molecule has 0 aromatic carbocycles. The van der Waals surface area contributed by atoms with Crippen LogP contribution in [-0.2, 0) is 0 Å². The molecule has 92 valence electrons. The summed E-state index contributed by atoms with van der Waals surface area (Å²) in [7, 11) is 4.25. The summed E-state index contributed by atoms with van der Waals surface area (Å²) in [4.78, 5) is 3.70. The zero-order chi connectivity index (χ0) is 12.1. The molecule has 0 aliphatic carbocycles. The Morgan fingerprint density at radius 1 is 1.38 bits per heavy atom. The van der Waals surface area contributed by atoms with Gasteiger partial charge < -0.3 is 10.2 Å². The van der Waals surface area contributed by atoms with Crippen molar-refractivity contribution in [1.29, 1.82) is 0 Å². The normalized spacial score (nSPS) is 15.4. The molecule has 0 aliphatic heterocycles.